The van der Waals surface area contributed by atoms with Crippen molar-refractivity contribution in [2.24, 2.45) is 5.73 Å². The summed E-state index contributed by atoms with van der Waals surface area (Å²) in [6.45, 7) is 0. The summed E-state index contributed by atoms with van der Waals surface area (Å²) in [7, 11) is 4.81. The lowest BCUT2D eigenvalue weighted by atomic mass is 10.0. The molecule has 0 saturated heterocycles. The second kappa shape index (κ2) is 5.80. The molecule has 4 nitrogen and oxygen atoms in total. The van der Waals surface area contributed by atoms with E-state index in [2.05, 4.69) is 0 Å². The van der Waals surface area contributed by atoms with Crippen molar-refractivity contribution in [1.29, 1.82) is 0 Å². The molecule has 1 atom stereocenters. The third-order valence-electron chi connectivity index (χ3n) is 2.76. The maximum atomic E-state index is 11.9. The number of nitrogens with zero attached hydrogens (tertiary/aromatic N) is 1. The zero-order valence-electron chi connectivity index (χ0n) is 10.6. The van der Waals surface area contributed by atoms with Gasteiger partial charge in [-0.25, -0.2) is 0 Å². The molecule has 1 rings (SSSR count). The van der Waals surface area contributed by atoms with E-state index < -0.39 is 5.72 Å². The highest BCUT2D eigenvalue weighted by molar-refractivity contribution is 5.84. The standard InChI is InChI=1S/C13H20N2O2/c1-15(2)12(16)13(14,17-3)10-9-11-7-5-4-6-8-11/h4-8H,9-10,14H2,1-3H3/t13-/m1/s1. The molecule has 0 aliphatic carbocycles. The number of hydrogen-bond acceptors (Lipinski definition) is 3. The van der Waals surface area contributed by atoms with Crippen molar-refractivity contribution >= 4 is 5.91 Å². The van der Waals surface area contributed by atoms with Crippen LogP contribution >= 0.6 is 0 Å². The first-order valence-electron chi connectivity index (χ1n) is 5.59. The predicted octanol–water partition coefficient (Wildman–Crippen LogP) is 1.01. The number of amides is 1. The lowest BCUT2D eigenvalue weighted by Crippen LogP contribution is -2.55. The highest BCUT2D eigenvalue weighted by atomic mass is 16.5. The lowest BCUT2D eigenvalue weighted by Gasteiger charge is -2.29. The Kier molecular flexibility index (Phi) is 4.66. The summed E-state index contributed by atoms with van der Waals surface area (Å²) in [5.74, 6) is -0.212. The molecule has 0 saturated carbocycles. The van der Waals surface area contributed by atoms with Crippen LogP contribution in [0, 0.1) is 0 Å². The Morgan fingerprint density at radius 2 is 1.94 bits per heavy atom. The van der Waals surface area contributed by atoms with Crippen LogP contribution in [0.15, 0.2) is 30.3 Å². The fourth-order valence-corrected chi connectivity index (χ4v) is 1.65. The van der Waals surface area contributed by atoms with Gasteiger partial charge in [-0.2, -0.15) is 0 Å². The van der Waals surface area contributed by atoms with Gasteiger partial charge in [-0.05, 0) is 12.0 Å². The van der Waals surface area contributed by atoms with Crippen LogP contribution in [0.4, 0.5) is 0 Å². The van der Waals surface area contributed by atoms with Gasteiger partial charge in [0.1, 0.15) is 0 Å². The summed E-state index contributed by atoms with van der Waals surface area (Å²) < 4.78 is 5.17. The van der Waals surface area contributed by atoms with Crippen molar-refractivity contribution in [2.45, 2.75) is 18.6 Å². The Morgan fingerprint density at radius 1 is 1.35 bits per heavy atom. The molecule has 0 aromatic heterocycles. The summed E-state index contributed by atoms with van der Waals surface area (Å²) in [5.41, 5.74) is 5.88. The van der Waals surface area contributed by atoms with Crippen LogP contribution in [-0.4, -0.2) is 37.7 Å². The van der Waals surface area contributed by atoms with Crippen LogP contribution in [0.25, 0.3) is 0 Å². The molecule has 0 spiro atoms. The van der Waals surface area contributed by atoms with Gasteiger partial charge in [0.2, 0.25) is 0 Å². The molecule has 0 aliphatic rings. The summed E-state index contributed by atoms with van der Waals surface area (Å²) in [5, 5.41) is 0. The van der Waals surface area contributed by atoms with Gasteiger partial charge in [0.05, 0.1) is 0 Å². The summed E-state index contributed by atoms with van der Waals surface area (Å²) in [4.78, 5) is 13.3. The van der Waals surface area contributed by atoms with E-state index >= 15 is 0 Å². The first-order chi connectivity index (χ1) is 7.99. The minimum absolute atomic E-state index is 0.212. The Morgan fingerprint density at radius 3 is 2.41 bits per heavy atom. The SMILES string of the molecule is CO[C@](N)(CCc1ccccc1)C(=O)N(C)C. The zero-order valence-corrected chi connectivity index (χ0v) is 10.6. The van der Waals surface area contributed by atoms with E-state index in [0.29, 0.717) is 12.8 Å². The smallest absolute Gasteiger partial charge is 0.269 e. The number of hydrogen-bond donors (Lipinski definition) is 1. The molecule has 0 aliphatic heterocycles. The topological polar surface area (TPSA) is 55.6 Å². The molecule has 0 unspecified atom stereocenters. The van der Waals surface area contributed by atoms with Crippen molar-refractivity contribution < 1.29 is 9.53 Å². The van der Waals surface area contributed by atoms with Gasteiger partial charge in [-0.1, -0.05) is 30.3 Å². The number of carbonyl (C=O) groups is 1. The molecular formula is C13H20N2O2. The normalized spacial score (nSPS) is 14.1. The Bertz CT molecular complexity index is 365. The van der Waals surface area contributed by atoms with E-state index in [9.17, 15) is 4.79 Å². The highest BCUT2D eigenvalue weighted by Gasteiger charge is 2.34. The van der Waals surface area contributed by atoms with Crippen LogP contribution in [0.3, 0.4) is 0 Å². The Labute approximate surface area is 102 Å². The molecule has 1 aromatic carbocycles. The van der Waals surface area contributed by atoms with Crippen LogP contribution in [0.1, 0.15) is 12.0 Å². The third kappa shape index (κ3) is 3.54. The molecular weight excluding hydrogens is 216 g/mol. The second-order valence-electron chi connectivity index (χ2n) is 4.28. The van der Waals surface area contributed by atoms with E-state index in [0.717, 1.165) is 5.56 Å². The number of nitrogens with two attached hydrogens (primary N) is 1. The van der Waals surface area contributed by atoms with Gasteiger partial charge in [-0.15, -0.1) is 0 Å². The number of aryl methyl sites for hydroxylation is 1. The molecule has 0 heterocycles. The van der Waals surface area contributed by atoms with E-state index in [1.165, 1.54) is 12.0 Å². The van der Waals surface area contributed by atoms with Crippen molar-refractivity contribution in [1.82, 2.24) is 4.90 Å². The maximum Gasteiger partial charge on any atom is 0.269 e. The Balaban J connectivity index is 2.67. The zero-order chi connectivity index (χ0) is 12.9. The minimum atomic E-state index is -1.24. The number of carbonyl (C=O) groups excluding carboxylic acids is 1. The summed E-state index contributed by atoms with van der Waals surface area (Å²) in [6, 6.07) is 9.91. The van der Waals surface area contributed by atoms with Crippen LogP contribution < -0.4 is 5.73 Å². The van der Waals surface area contributed by atoms with Gasteiger partial charge in [0, 0.05) is 27.6 Å². The monoisotopic (exact) mass is 236 g/mol. The molecule has 2 N–H and O–H groups in total. The minimum Gasteiger partial charge on any atom is -0.355 e. The molecule has 0 fully saturated rings. The quantitative estimate of drug-likeness (QED) is 0.776. The Hall–Kier alpha value is -1.39. The van der Waals surface area contributed by atoms with Crippen LogP contribution in [0.5, 0.6) is 0 Å². The van der Waals surface area contributed by atoms with Crippen LogP contribution in [-0.2, 0) is 16.0 Å². The summed E-state index contributed by atoms with van der Waals surface area (Å²) in [6.07, 6.45) is 1.18. The summed E-state index contributed by atoms with van der Waals surface area (Å²) >= 11 is 0. The number of ether oxygens (including phenoxy) is 1. The number of rotatable bonds is 5. The fraction of sp³-hybridized carbons (Fsp3) is 0.462. The van der Waals surface area contributed by atoms with Crippen molar-refractivity contribution in [3.63, 3.8) is 0 Å². The van der Waals surface area contributed by atoms with Gasteiger partial charge in [0.15, 0.2) is 5.72 Å². The van der Waals surface area contributed by atoms with Gasteiger partial charge < -0.3 is 9.64 Å². The molecule has 4 heteroatoms. The highest BCUT2D eigenvalue weighted by Crippen LogP contribution is 2.15. The number of methoxy groups -OCH3 is 1. The average Bonchev–Trinajstić information content (AvgIpc) is 2.36. The van der Waals surface area contributed by atoms with Gasteiger partial charge in [-0.3, -0.25) is 10.5 Å². The fourth-order valence-electron chi connectivity index (χ4n) is 1.65. The van der Waals surface area contributed by atoms with E-state index in [-0.39, 0.29) is 5.91 Å². The molecule has 94 valence electrons. The van der Waals surface area contributed by atoms with Crippen molar-refractivity contribution in [3.05, 3.63) is 35.9 Å². The van der Waals surface area contributed by atoms with E-state index in [4.69, 9.17) is 10.5 Å². The van der Waals surface area contributed by atoms with Crippen molar-refractivity contribution in [2.75, 3.05) is 21.2 Å². The van der Waals surface area contributed by atoms with E-state index in [1.54, 1.807) is 14.1 Å². The number of benzene rings is 1. The molecule has 0 radical (unpaired) electrons. The largest absolute Gasteiger partial charge is 0.355 e. The first-order valence-corrected chi connectivity index (χ1v) is 5.59. The molecule has 1 amide bonds. The maximum absolute atomic E-state index is 11.9. The van der Waals surface area contributed by atoms with Gasteiger partial charge >= 0.3 is 0 Å². The first kappa shape index (κ1) is 13.7. The molecule has 17 heavy (non-hydrogen) atoms. The third-order valence-corrected chi connectivity index (χ3v) is 2.76. The molecule has 0 bridgehead atoms. The lowest BCUT2D eigenvalue weighted by molar-refractivity contribution is -0.152. The predicted molar refractivity (Wildman–Crippen MR) is 67.4 cm³/mol. The number of likely N-dealkylation sites (N-methyl/N-ethyl adjacent to an activating group) is 1. The van der Waals surface area contributed by atoms with E-state index in [1.807, 2.05) is 30.3 Å². The van der Waals surface area contributed by atoms with Crippen molar-refractivity contribution in [3.8, 4) is 0 Å². The van der Waals surface area contributed by atoms with Gasteiger partial charge in [0.25, 0.3) is 5.91 Å². The average molecular weight is 236 g/mol. The molecule has 1 aromatic rings. The second-order valence-corrected chi connectivity index (χ2v) is 4.28. The van der Waals surface area contributed by atoms with Crippen LogP contribution in [0.2, 0.25) is 0 Å².